The number of nitrogens with one attached hydrogen (secondary N) is 1. The van der Waals surface area contributed by atoms with Crippen LogP contribution in [0.3, 0.4) is 0 Å². The second kappa shape index (κ2) is 7.71. The lowest BCUT2D eigenvalue weighted by atomic mass is 10.3. The Labute approximate surface area is 110 Å². The van der Waals surface area contributed by atoms with Crippen molar-refractivity contribution in [2.75, 3.05) is 27.2 Å². The summed E-state index contributed by atoms with van der Waals surface area (Å²) in [5.41, 5.74) is 8.21. The van der Waals surface area contributed by atoms with Crippen LogP contribution in [0, 0.1) is 0 Å². The molecule has 0 aliphatic rings. The Hall–Kier alpha value is -1.56. The number of carbonyl (C=O) groups excluding carboxylic acids is 1. The summed E-state index contributed by atoms with van der Waals surface area (Å²) in [5, 5.41) is 6.33. The summed E-state index contributed by atoms with van der Waals surface area (Å²) in [6.07, 6.45) is 0.926. The van der Waals surface area contributed by atoms with Gasteiger partial charge in [-0.3, -0.25) is 4.79 Å². The molecule has 0 fully saturated rings. The van der Waals surface area contributed by atoms with Gasteiger partial charge in [-0.25, -0.2) is 0 Å². The Bertz CT molecular complexity index is 436. The van der Waals surface area contributed by atoms with E-state index < -0.39 is 0 Å². The second-order valence-electron chi connectivity index (χ2n) is 4.07. The van der Waals surface area contributed by atoms with Crippen molar-refractivity contribution in [3.05, 3.63) is 32.3 Å². The van der Waals surface area contributed by atoms with Crippen molar-refractivity contribution in [2.24, 2.45) is 5.11 Å². The molecule has 0 unspecified atom stereocenters. The second-order valence-corrected chi connectivity index (χ2v) is 5.24. The van der Waals surface area contributed by atoms with Crippen molar-refractivity contribution in [2.45, 2.75) is 13.0 Å². The molecule has 98 valence electrons. The van der Waals surface area contributed by atoms with Crippen LogP contribution in [-0.4, -0.2) is 38.0 Å². The van der Waals surface area contributed by atoms with Crippen LogP contribution in [0.5, 0.6) is 0 Å². The highest BCUT2D eigenvalue weighted by Crippen LogP contribution is 2.17. The zero-order valence-electron chi connectivity index (χ0n) is 10.6. The number of carbonyl (C=O) groups is 1. The van der Waals surface area contributed by atoms with Gasteiger partial charge in [0.05, 0.1) is 11.4 Å². The lowest BCUT2D eigenvalue weighted by Gasteiger charge is -2.09. The summed E-state index contributed by atoms with van der Waals surface area (Å²) in [4.78, 5) is 18.1. The molecule has 0 saturated carbocycles. The van der Waals surface area contributed by atoms with E-state index in [1.54, 1.807) is 6.07 Å². The van der Waals surface area contributed by atoms with E-state index in [0.29, 0.717) is 18.0 Å². The molecule has 0 aliphatic heterocycles. The molecule has 0 aliphatic carbocycles. The normalized spacial score (nSPS) is 10.2. The number of hydrogen-bond donors (Lipinski definition) is 1. The average molecular weight is 267 g/mol. The van der Waals surface area contributed by atoms with Crippen LogP contribution < -0.4 is 5.32 Å². The van der Waals surface area contributed by atoms with Crippen molar-refractivity contribution in [1.82, 2.24) is 10.2 Å². The van der Waals surface area contributed by atoms with E-state index in [2.05, 4.69) is 20.2 Å². The average Bonchev–Trinajstić information content (AvgIpc) is 2.80. The first kappa shape index (κ1) is 14.5. The third kappa shape index (κ3) is 5.18. The van der Waals surface area contributed by atoms with Crippen molar-refractivity contribution in [3.63, 3.8) is 0 Å². The topological polar surface area (TPSA) is 81.1 Å². The minimum absolute atomic E-state index is 0.0639. The fourth-order valence-corrected chi connectivity index (χ4v) is 2.21. The predicted molar refractivity (Wildman–Crippen MR) is 72.7 cm³/mol. The maximum atomic E-state index is 11.8. The molecule has 0 saturated heterocycles. The smallest absolute Gasteiger partial charge is 0.261 e. The van der Waals surface area contributed by atoms with Crippen LogP contribution in [0.2, 0.25) is 0 Å². The molecule has 1 aromatic rings. The third-order valence-electron chi connectivity index (χ3n) is 2.24. The number of hydrogen-bond acceptors (Lipinski definition) is 4. The van der Waals surface area contributed by atoms with Gasteiger partial charge in [-0.15, -0.1) is 11.3 Å². The zero-order chi connectivity index (χ0) is 13.4. The molecule has 0 aromatic carbocycles. The summed E-state index contributed by atoms with van der Waals surface area (Å²) < 4.78 is 0. The molecule has 0 spiro atoms. The molecule has 0 bridgehead atoms. The molecule has 1 aromatic heterocycles. The first-order valence-corrected chi connectivity index (χ1v) is 6.47. The lowest BCUT2D eigenvalue weighted by Crippen LogP contribution is -2.26. The van der Waals surface area contributed by atoms with Gasteiger partial charge in [-0.1, -0.05) is 5.11 Å². The largest absolute Gasteiger partial charge is 0.351 e. The Morgan fingerprint density at radius 2 is 2.33 bits per heavy atom. The van der Waals surface area contributed by atoms with Gasteiger partial charge >= 0.3 is 0 Å². The molecular weight excluding hydrogens is 250 g/mol. The SMILES string of the molecule is CN(C)CCCNC(=O)c1ccc(CN=[N+]=[N-])s1. The number of rotatable bonds is 7. The highest BCUT2D eigenvalue weighted by molar-refractivity contribution is 7.14. The summed E-state index contributed by atoms with van der Waals surface area (Å²) in [7, 11) is 4.01. The zero-order valence-corrected chi connectivity index (χ0v) is 11.4. The molecule has 7 heteroatoms. The standard InChI is InChI=1S/C11H17N5OS/c1-16(2)7-3-6-13-11(17)10-5-4-9(18-10)8-14-15-12/h4-5H,3,6-8H2,1-2H3,(H,13,17). The Morgan fingerprint density at radius 1 is 1.56 bits per heavy atom. The van der Waals surface area contributed by atoms with Gasteiger partial charge in [-0.2, -0.15) is 0 Å². The number of nitrogens with zero attached hydrogens (tertiary/aromatic N) is 4. The summed E-state index contributed by atoms with van der Waals surface area (Å²) in [6, 6.07) is 3.57. The number of azide groups is 1. The highest BCUT2D eigenvalue weighted by atomic mass is 32.1. The molecule has 1 N–H and O–H groups in total. The fourth-order valence-electron chi connectivity index (χ4n) is 1.37. The van der Waals surface area contributed by atoms with Crippen LogP contribution in [0.1, 0.15) is 21.0 Å². The maximum absolute atomic E-state index is 11.8. The quantitative estimate of drug-likeness (QED) is 0.356. The van der Waals surface area contributed by atoms with E-state index in [1.165, 1.54) is 11.3 Å². The van der Waals surface area contributed by atoms with Gasteiger partial charge in [0, 0.05) is 16.3 Å². The van der Waals surface area contributed by atoms with Gasteiger partial charge in [0.2, 0.25) is 0 Å². The van der Waals surface area contributed by atoms with Crippen molar-refractivity contribution in [3.8, 4) is 0 Å². The van der Waals surface area contributed by atoms with Gasteiger partial charge < -0.3 is 10.2 Å². The monoisotopic (exact) mass is 267 g/mol. The lowest BCUT2D eigenvalue weighted by molar-refractivity contribution is 0.0956. The molecule has 1 heterocycles. The van der Waals surface area contributed by atoms with Crippen molar-refractivity contribution < 1.29 is 4.79 Å². The van der Waals surface area contributed by atoms with Crippen LogP contribution in [-0.2, 0) is 6.54 Å². The Kier molecular flexibility index (Phi) is 6.21. The predicted octanol–water partition coefficient (Wildman–Crippen LogP) is 2.24. The molecule has 18 heavy (non-hydrogen) atoms. The number of thiophene rings is 1. The minimum atomic E-state index is -0.0639. The van der Waals surface area contributed by atoms with E-state index >= 15 is 0 Å². The van der Waals surface area contributed by atoms with Crippen LogP contribution in [0.15, 0.2) is 17.2 Å². The fraction of sp³-hybridized carbons (Fsp3) is 0.545. The van der Waals surface area contributed by atoms with Gasteiger partial charge in [-0.05, 0) is 44.7 Å². The molecule has 6 nitrogen and oxygen atoms in total. The highest BCUT2D eigenvalue weighted by Gasteiger charge is 2.08. The van der Waals surface area contributed by atoms with E-state index in [9.17, 15) is 4.79 Å². The number of amides is 1. The van der Waals surface area contributed by atoms with Crippen LogP contribution in [0.4, 0.5) is 0 Å². The van der Waals surface area contributed by atoms with Crippen LogP contribution >= 0.6 is 11.3 Å². The van der Waals surface area contributed by atoms with Gasteiger partial charge in [0.15, 0.2) is 0 Å². The van der Waals surface area contributed by atoms with E-state index in [1.807, 2.05) is 20.2 Å². The first-order chi connectivity index (χ1) is 8.63. The van der Waals surface area contributed by atoms with E-state index in [-0.39, 0.29) is 5.91 Å². The Morgan fingerprint density at radius 3 is 3.00 bits per heavy atom. The third-order valence-corrected chi connectivity index (χ3v) is 3.31. The molecular formula is C11H17N5OS. The maximum Gasteiger partial charge on any atom is 0.261 e. The summed E-state index contributed by atoms with van der Waals surface area (Å²) >= 11 is 1.36. The summed E-state index contributed by atoms with van der Waals surface area (Å²) in [5.74, 6) is -0.0639. The Balaban J connectivity index is 2.37. The van der Waals surface area contributed by atoms with Gasteiger partial charge in [0.1, 0.15) is 0 Å². The van der Waals surface area contributed by atoms with Gasteiger partial charge in [0.25, 0.3) is 5.91 Å². The van der Waals surface area contributed by atoms with E-state index in [0.717, 1.165) is 17.8 Å². The minimum Gasteiger partial charge on any atom is -0.351 e. The van der Waals surface area contributed by atoms with E-state index in [4.69, 9.17) is 5.53 Å². The molecule has 1 amide bonds. The first-order valence-electron chi connectivity index (χ1n) is 5.66. The molecule has 0 radical (unpaired) electrons. The molecule has 0 atom stereocenters. The summed E-state index contributed by atoms with van der Waals surface area (Å²) in [6.45, 7) is 1.92. The molecule has 1 rings (SSSR count). The van der Waals surface area contributed by atoms with Crippen LogP contribution in [0.25, 0.3) is 10.4 Å². The van der Waals surface area contributed by atoms with Crippen molar-refractivity contribution >= 4 is 17.2 Å². The van der Waals surface area contributed by atoms with Crippen molar-refractivity contribution in [1.29, 1.82) is 0 Å².